The first-order valence-corrected chi connectivity index (χ1v) is 9.29. The lowest BCUT2D eigenvalue weighted by Crippen LogP contribution is -2.03. The fourth-order valence-electron chi connectivity index (χ4n) is 2.34. The second-order valence-corrected chi connectivity index (χ2v) is 7.85. The maximum Gasteiger partial charge on any atom is 0.198 e. The molecule has 0 N–H and O–H groups in total. The van der Waals surface area contributed by atoms with Crippen LogP contribution in [0.2, 0.25) is 0 Å². The van der Waals surface area contributed by atoms with Crippen molar-refractivity contribution in [3.05, 3.63) is 42.5 Å². The zero-order valence-corrected chi connectivity index (χ0v) is 14.8. The first kappa shape index (κ1) is 15.5. The van der Waals surface area contributed by atoms with E-state index in [-0.39, 0.29) is 0 Å². The van der Waals surface area contributed by atoms with Crippen LogP contribution in [0.5, 0.6) is 0 Å². The Morgan fingerprint density at radius 3 is 2.83 bits per heavy atom. The van der Waals surface area contributed by atoms with Crippen molar-refractivity contribution >= 4 is 23.3 Å². The van der Waals surface area contributed by atoms with Crippen molar-refractivity contribution in [1.82, 2.24) is 29.1 Å². The van der Waals surface area contributed by atoms with Gasteiger partial charge in [-0.05, 0) is 55.2 Å². The zero-order valence-electron chi connectivity index (χ0n) is 13.2. The van der Waals surface area contributed by atoms with Gasteiger partial charge in [0.05, 0.1) is 0 Å². The molecule has 1 saturated carbocycles. The molecule has 1 aliphatic rings. The molecule has 6 nitrogen and oxygen atoms in total. The Bertz CT molecular complexity index is 866. The molecule has 8 heteroatoms. The van der Waals surface area contributed by atoms with Gasteiger partial charge in [-0.3, -0.25) is 9.55 Å². The van der Waals surface area contributed by atoms with Crippen LogP contribution in [0.25, 0.3) is 11.4 Å². The fourth-order valence-corrected chi connectivity index (χ4v) is 3.96. The predicted octanol–water partition coefficient (Wildman–Crippen LogP) is 3.80. The highest BCUT2D eigenvalue weighted by molar-refractivity contribution is 8.00. The Labute approximate surface area is 148 Å². The third-order valence-electron chi connectivity index (χ3n) is 3.63. The van der Waals surface area contributed by atoms with E-state index in [4.69, 9.17) is 0 Å². The average Bonchev–Trinajstić information content (AvgIpc) is 3.21. The second kappa shape index (κ2) is 6.45. The van der Waals surface area contributed by atoms with Crippen LogP contribution in [0.3, 0.4) is 0 Å². The van der Waals surface area contributed by atoms with Crippen molar-refractivity contribution in [3.8, 4) is 11.4 Å². The lowest BCUT2D eigenvalue weighted by Gasteiger charge is -2.09. The zero-order chi connectivity index (χ0) is 16.5. The summed E-state index contributed by atoms with van der Waals surface area (Å²) in [5.74, 6) is 2.36. The highest BCUT2D eigenvalue weighted by atomic mass is 32.2. The van der Waals surface area contributed by atoms with Gasteiger partial charge < -0.3 is 0 Å². The van der Waals surface area contributed by atoms with Crippen molar-refractivity contribution in [2.24, 2.45) is 0 Å². The van der Waals surface area contributed by atoms with E-state index in [0.717, 1.165) is 32.3 Å². The monoisotopic (exact) mass is 356 g/mol. The Balaban J connectivity index is 1.66. The Kier molecular flexibility index (Phi) is 4.15. The van der Waals surface area contributed by atoms with Gasteiger partial charge in [-0.2, -0.15) is 4.37 Å². The summed E-state index contributed by atoms with van der Waals surface area (Å²) in [6, 6.07) is 3.87. The smallest absolute Gasteiger partial charge is 0.198 e. The number of pyridine rings is 1. The van der Waals surface area contributed by atoms with Crippen LogP contribution in [0.4, 0.5) is 0 Å². The van der Waals surface area contributed by atoms with Gasteiger partial charge in [0.2, 0.25) is 0 Å². The number of hydrogen-bond acceptors (Lipinski definition) is 7. The lowest BCUT2D eigenvalue weighted by atomic mass is 10.2. The highest BCUT2D eigenvalue weighted by Gasteiger charge is 2.28. The minimum Gasteiger partial charge on any atom is -0.298 e. The number of nitrogens with zero attached hydrogens (tertiary/aromatic N) is 6. The minimum absolute atomic E-state index is 0.566. The molecular formula is C16H16N6S2. The molecule has 1 fully saturated rings. The van der Waals surface area contributed by atoms with Crippen LogP contribution >= 0.6 is 23.3 Å². The molecule has 3 aromatic heterocycles. The van der Waals surface area contributed by atoms with Gasteiger partial charge in [0.1, 0.15) is 5.82 Å². The predicted molar refractivity (Wildman–Crippen MR) is 94.1 cm³/mol. The summed E-state index contributed by atoms with van der Waals surface area (Å²) in [6.07, 6.45) is 5.93. The van der Waals surface area contributed by atoms with Crippen molar-refractivity contribution in [3.63, 3.8) is 0 Å². The van der Waals surface area contributed by atoms with Crippen molar-refractivity contribution < 1.29 is 0 Å². The molecule has 24 heavy (non-hydrogen) atoms. The van der Waals surface area contributed by atoms with Crippen LogP contribution in [-0.2, 0) is 6.54 Å². The highest BCUT2D eigenvalue weighted by Crippen LogP contribution is 2.40. The van der Waals surface area contributed by atoms with Crippen LogP contribution in [0, 0.1) is 0 Å². The molecule has 0 saturated heterocycles. The number of aromatic nitrogens is 6. The topological polar surface area (TPSA) is 69.4 Å². The lowest BCUT2D eigenvalue weighted by molar-refractivity contribution is 0.706. The first-order chi connectivity index (χ1) is 11.7. The molecule has 0 atom stereocenters. The van der Waals surface area contributed by atoms with Gasteiger partial charge in [-0.15, -0.1) is 10.2 Å². The van der Waals surface area contributed by atoms with E-state index in [1.165, 1.54) is 36.1 Å². The van der Waals surface area contributed by atoms with Crippen molar-refractivity contribution in [1.29, 1.82) is 0 Å². The van der Waals surface area contributed by atoms with E-state index < -0.39 is 0 Å². The Morgan fingerprint density at radius 2 is 2.12 bits per heavy atom. The van der Waals surface area contributed by atoms with Crippen LogP contribution in [-0.4, -0.2) is 29.1 Å². The molecule has 122 valence electrons. The molecule has 0 unspecified atom stereocenters. The van der Waals surface area contributed by atoms with Crippen LogP contribution in [0.15, 0.2) is 46.2 Å². The molecule has 0 aromatic carbocycles. The van der Waals surface area contributed by atoms with E-state index in [1.54, 1.807) is 12.4 Å². The largest absolute Gasteiger partial charge is 0.298 e. The van der Waals surface area contributed by atoms with Gasteiger partial charge >= 0.3 is 0 Å². The summed E-state index contributed by atoms with van der Waals surface area (Å²) < 4.78 is 7.44. The quantitative estimate of drug-likeness (QED) is 0.626. The van der Waals surface area contributed by atoms with E-state index in [9.17, 15) is 0 Å². The number of hydrogen-bond donors (Lipinski definition) is 0. The first-order valence-electron chi connectivity index (χ1n) is 7.70. The van der Waals surface area contributed by atoms with E-state index in [1.807, 2.05) is 19.1 Å². The maximum absolute atomic E-state index is 4.63. The number of rotatable bonds is 6. The summed E-state index contributed by atoms with van der Waals surface area (Å²) in [7, 11) is 0. The van der Waals surface area contributed by atoms with Crippen molar-refractivity contribution in [2.75, 3.05) is 0 Å². The maximum atomic E-state index is 4.63. The molecule has 0 radical (unpaired) electrons. The molecule has 0 amide bonds. The Morgan fingerprint density at radius 1 is 1.33 bits per heavy atom. The van der Waals surface area contributed by atoms with Crippen LogP contribution in [0.1, 0.15) is 31.5 Å². The van der Waals surface area contributed by atoms with Crippen molar-refractivity contribution in [2.45, 2.75) is 41.7 Å². The van der Waals surface area contributed by atoms with Gasteiger partial charge in [-0.1, -0.05) is 12.2 Å². The molecule has 0 spiro atoms. The van der Waals surface area contributed by atoms with E-state index in [2.05, 4.69) is 35.7 Å². The van der Waals surface area contributed by atoms with E-state index in [0.29, 0.717) is 12.5 Å². The summed E-state index contributed by atoms with van der Waals surface area (Å²) in [6.45, 7) is 6.69. The fraction of sp³-hybridized carbons (Fsp3) is 0.312. The third kappa shape index (κ3) is 3.25. The normalized spacial score (nSPS) is 14.0. The molecule has 3 aromatic rings. The summed E-state index contributed by atoms with van der Waals surface area (Å²) in [4.78, 5) is 8.69. The van der Waals surface area contributed by atoms with Gasteiger partial charge in [-0.25, -0.2) is 4.98 Å². The molecule has 0 aliphatic heterocycles. The van der Waals surface area contributed by atoms with Crippen LogP contribution < -0.4 is 0 Å². The Hall–Kier alpha value is -2.06. The summed E-state index contributed by atoms with van der Waals surface area (Å²) >= 11 is 2.95. The van der Waals surface area contributed by atoms with Gasteiger partial charge in [0, 0.05) is 30.4 Å². The second-order valence-electron chi connectivity index (χ2n) is 5.88. The van der Waals surface area contributed by atoms with Gasteiger partial charge in [0.25, 0.3) is 0 Å². The SMILES string of the molecule is C=C(C)Cn1c(Sc2nc(C3CC3)ns2)nnc1-c1ccncc1. The molecular weight excluding hydrogens is 340 g/mol. The molecule has 0 bridgehead atoms. The molecule has 3 heterocycles. The molecule has 4 rings (SSSR count). The minimum atomic E-state index is 0.566. The summed E-state index contributed by atoms with van der Waals surface area (Å²) in [5.41, 5.74) is 2.03. The standard InChI is InChI=1S/C16H16N6S2/c1-10(2)9-22-14(12-5-7-17-8-6-12)19-20-15(22)23-16-18-13(21-24-16)11-3-4-11/h5-8,11H,1,3-4,9H2,2H3. The average molecular weight is 356 g/mol. The summed E-state index contributed by atoms with van der Waals surface area (Å²) in [5, 5.41) is 9.54. The van der Waals surface area contributed by atoms with E-state index >= 15 is 0 Å². The molecule has 1 aliphatic carbocycles. The number of allylic oxidation sites excluding steroid dienone is 1. The van der Waals surface area contributed by atoms with Gasteiger partial charge in [0.15, 0.2) is 15.3 Å². The third-order valence-corrected chi connectivity index (χ3v) is 5.38.